The second-order valence-electron chi connectivity index (χ2n) is 4.05. The largest absolute Gasteiger partial charge is 0.382 e. The summed E-state index contributed by atoms with van der Waals surface area (Å²) in [4.78, 5) is 10.4. The minimum atomic E-state index is -1.12. The molecule has 0 heterocycles. The molecule has 1 saturated carbocycles. The minimum Gasteiger partial charge on any atom is -0.382 e. The maximum atomic E-state index is 10.4. The predicted octanol–water partition coefficient (Wildman–Crippen LogP) is 1.30. The van der Waals surface area contributed by atoms with Gasteiger partial charge in [-0.25, -0.2) is 0 Å². The number of carbonyl (C=O) groups excluding carboxylic acids is 1. The van der Waals surface area contributed by atoms with Crippen molar-refractivity contribution in [1.29, 1.82) is 0 Å². The Morgan fingerprint density at radius 3 is 2.67 bits per heavy atom. The summed E-state index contributed by atoms with van der Waals surface area (Å²) in [6.07, 6.45) is 1.46. The van der Waals surface area contributed by atoms with E-state index < -0.39 is 5.60 Å². The fourth-order valence-electron chi connectivity index (χ4n) is 1.73. The topological polar surface area (TPSA) is 46.5 Å². The first kappa shape index (κ1) is 10.3. The van der Waals surface area contributed by atoms with Gasteiger partial charge in [0, 0.05) is 12.8 Å². The molecule has 1 fully saturated rings. The molecule has 0 unspecified atom stereocenters. The first-order valence-corrected chi connectivity index (χ1v) is 5.06. The van der Waals surface area contributed by atoms with Gasteiger partial charge in [0.15, 0.2) is 6.29 Å². The number of hydrogen-bond acceptors (Lipinski definition) is 3. The van der Waals surface area contributed by atoms with E-state index in [4.69, 9.17) is 4.74 Å². The van der Waals surface area contributed by atoms with Gasteiger partial charge in [-0.1, -0.05) is 30.3 Å². The van der Waals surface area contributed by atoms with Gasteiger partial charge in [0.25, 0.3) is 0 Å². The molecule has 0 aliphatic heterocycles. The Labute approximate surface area is 88.7 Å². The highest BCUT2D eigenvalue weighted by Gasteiger charge is 2.43. The lowest BCUT2D eigenvalue weighted by molar-refractivity contribution is -0.158. The Morgan fingerprint density at radius 2 is 2.07 bits per heavy atom. The van der Waals surface area contributed by atoms with Crippen molar-refractivity contribution in [3.05, 3.63) is 35.9 Å². The molecule has 0 radical (unpaired) electrons. The van der Waals surface area contributed by atoms with Crippen LogP contribution < -0.4 is 0 Å². The highest BCUT2D eigenvalue weighted by molar-refractivity contribution is 5.64. The van der Waals surface area contributed by atoms with E-state index >= 15 is 0 Å². The van der Waals surface area contributed by atoms with Gasteiger partial charge in [-0.15, -0.1) is 0 Å². The quantitative estimate of drug-likeness (QED) is 0.755. The van der Waals surface area contributed by atoms with E-state index in [0.717, 1.165) is 5.56 Å². The Morgan fingerprint density at radius 1 is 1.40 bits per heavy atom. The third-order valence-corrected chi connectivity index (χ3v) is 2.71. The molecule has 0 saturated heterocycles. The zero-order valence-corrected chi connectivity index (χ0v) is 8.43. The van der Waals surface area contributed by atoms with E-state index in [2.05, 4.69) is 0 Å². The van der Waals surface area contributed by atoms with E-state index in [-0.39, 0.29) is 6.10 Å². The van der Waals surface area contributed by atoms with Crippen LogP contribution in [0.2, 0.25) is 0 Å². The molecule has 1 aliphatic carbocycles. The van der Waals surface area contributed by atoms with E-state index in [1.165, 1.54) is 0 Å². The van der Waals surface area contributed by atoms with Crippen LogP contribution in [0.25, 0.3) is 0 Å². The van der Waals surface area contributed by atoms with E-state index in [0.29, 0.717) is 25.7 Å². The summed E-state index contributed by atoms with van der Waals surface area (Å²) in [5.41, 5.74) is -0.0134. The molecular formula is C12H14O3. The number of carbonyl (C=O) groups is 1. The number of ether oxygens (including phenoxy) is 1. The van der Waals surface area contributed by atoms with Crippen molar-refractivity contribution >= 4 is 6.29 Å². The molecule has 1 aromatic carbocycles. The zero-order valence-electron chi connectivity index (χ0n) is 8.43. The van der Waals surface area contributed by atoms with Gasteiger partial charge >= 0.3 is 0 Å². The zero-order chi connectivity index (χ0) is 10.7. The Hall–Kier alpha value is -1.19. The summed E-state index contributed by atoms with van der Waals surface area (Å²) < 4.78 is 5.54. The third-order valence-electron chi connectivity index (χ3n) is 2.71. The van der Waals surface area contributed by atoms with Gasteiger partial charge in [0.1, 0.15) is 5.60 Å². The van der Waals surface area contributed by atoms with E-state index in [1.54, 1.807) is 0 Å². The second kappa shape index (κ2) is 4.13. The summed E-state index contributed by atoms with van der Waals surface area (Å²) >= 11 is 0. The second-order valence-corrected chi connectivity index (χ2v) is 4.05. The van der Waals surface area contributed by atoms with Crippen molar-refractivity contribution in [1.82, 2.24) is 0 Å². The van der Waals surface area contributed by atoms with Crippen LogP contribution in [0, 0.1) is 0 Å². The van der Waals surface area contributed by atoms with Crippen LogP contribution in [0.15, 0.2) is 30.3 Å². The predicted molar refractivity (Wildman–Crippen MR) is 55.3 cm³/mol. The molecule has 80 valence electrons. The van der Waals surface area contributed by atoms with Gasteiger partial charge in [-0.2, -0.15) is 0 Å². The van der Waals surface area contributed by atoms with E-state index in [1.807, 2.05) is 30.3 Å². The average Bonchev–Trinajstić information content (AvgIpc) is 2.24. The van der Waals surface area contributed by atoms with Gasteiger partial charge in [0.2, 0.25) is 0 Å². The fraction of sp³-hybridized carbons (Fsp3) is 0.417. The highest BCUT2D eigenvalue weighted by atomic mass is 16.5. The monoisotopic (exact) mass is 206 g/mol. The van der Waals surface area contributed by atoms with Gasteiger partial charge in [-0.05, 0) is 5.56 Å². The van der Waals surface area contributed by atoms with Crippen molar-refractivity contribution in [2.24, 2.45) is 0 Å². The molecule has 3 nitrogen and oxygen atoms in total. The van der Waals surface area contributed by atoms with Crippen LogP contribution in [0.4, 0.5) is 0 Å². The number of aldehydes is 1. The smallest absolute Gasteiger partial charge is 0.151 e. The van der Waals surface area contributed by atoms with Crippen molar-refractivity contribution in [3.63, 3.8) is 0 Å². The van der Waals surface area contributed by atoms with Gasteiger partial charge < -0.3 is 14.6 Å². The highest BCUT2D eigenvalue weighted by Crippen LogP contribution is 2.33. The summed E-state index contributed by atoms with van der Waals surface area (Å²) in [6, 6.07) is 9.86. The van der Waals surface area contributed by atoms with Crippen LogP contribution in [-0.2, 0) is 16.1 Å². The first-order chi connectivity index (χ1) is 7.22. The van der Waals surface area contributed by atoms with Gasteiger partial charge in [0.05, 0.1) is 12.7 Å². The molecular weight excluding hydrogens is 192 g/mol. The third kappa shape index (κ3) is 2.43. The summed E-state index contributed by atoms with van der Waals surface area (Å²) in [6.45, 7) is 0.542. The van der Waals surface area contributed by atoms with Crippen molar-refractivity contribution in [2.75, 3.05) is 0 Å². The standard InChI is InChI=1S/C12H14O3/c13-9-12(14)6-11(7-12)15-8-10-4-2-1-3-5-10/h1-5,9,11,14H,6-8H2. The van der Waals surface area contributed by atoms with Crippen molar-refractivity contribution in [2.45, 2.75) is 31.2 Å². The van der Waals surface area contributed by atoms with E-state index in [9.17, 15) is 9.90 Å². The molecule has 0 amide bonds. The maximum Gasteiger partial charge on any atom is 0.151 e. The lowest BCUT2D eigenvalue weighted by atomic mass is 9.79. The molecule has 15 heavy (non-hydrogen) atoms. The van der Waals surface area contributed by atoms with Crippen LogP contribution in [-0.4, -0.2) is 23.1 Å². The Kier molecular flexibility index (Phi) is 2.84. The fourth-order valence-corrected chi connectivity index (χ4v) is 1.73. The van der Waals surface area contributed by atoms with Gasteiger partial charge in [-0.3, -0.25) is 0 Å². The molecule has 0 aromatic heterocycles. The van der Waals surface area contributed by atoms with Crippen LogP contribution >= 0.6 is 0 Å². The molecule has 0 atom stereocenters. The summed E-state index contributed by atoms with van der Waals surface area (Å²) in [7, 11) is 0. The molecule has 0 spiro atoms. The molecule has 3 heteroatoms. The number of aliphatic hydroxyl groups is 1. The lowest BCUT2D eigenvalue weighted by Crippen LogP contribution is -2.49. The normalized spacial score (nSPS) is 29.5. The first-order valence-electron chi connectivity index (χ1n) is 5.06. The van der Waals surface area contributed by atoms with Crippen LogP contribution in [0.1, 0.15) is 18.4 Å². The number of benzene rings is 1. The molecule has 2 rings (SSSR count). The van der Waals surface area contributed by atoms with Crippen LogP contribution in [0.3, 0.4) is 0 Å². The SMILES string of the molecule is O=CC1(O)CC(OCc2ccccc2)C1. The molecule has 0 bridgehead atoms. The number of hydrogen-bond donors (Lipinski definition) is 1. The molecule has 1 N–H and O–H groups in total. The summed E-state index contributed by atoms with van der Waals surface area (Å²) in [5.74, 6) is 0. The Bertz CT molecular complexity index is 328. The average molecular weight is 206 g/mol. The van der Waals surface area contributed by atoms with Crippen molar-refractivity contribution < 1.29 is 14.6 Å². The molecule has 1 aromatic rings. The summed E-state index contributed by atoms with van der Waals surface area (Å²) in [5, 5.41) is 9.44. The Balaban J connectivity index is 1.75. The van der Waals surface area contributed by atoms with Crippen LogP contribution in [0.5, 0.6) is 0 Å². The lowest BCUT2D eigenvalue weighted by Gasteiger charge is -2.38. The maximum absolute atomic E-state index is 10.4. The number of rotatable bonds is 4. The minimum absolute atomic E-state index is 0.0143. The molecule has 1 aliphatic rings. The van der Waals surface area contributed by atoms with Crippen molar-refractivity contribution in [3.8, 4) is 0 Å².